The van der Waals surface area contributed by atoms with Crippen LogP contribution < -0.4 is 11.1 Å². The Morgan fingerprint density at radius 1 is 1.39 bits per heavy atom. The van der Waals surface area contributed by atoms with E-state index in [1.54, 1.807) is 12.3 Å². The van der Waals surface area contributed by atoms with E-state index >= 15 is 0 Å². The summed E-state index contributed by atoms with van der Waals surface area (Å²) >= 11 is 0. The van der Waals surface area contributed by atoms with Crippen molar-refractivity contribution in [3.05, 3.63) is 29.6 Å². The molecule has 0 unspecified atom stereocenters. The number of carbonyl (C=O) groups excluding carboxylic acids is 1. The zero-order valence-electron chi connectivity index (χ0n) is 10.3. The van der Waals surface area contributed by atoms with Gasteiger partial charge in [-0.1, -0.05) is 6.07 Å². The Hall–Kier alpha value is -1.46. The van der Waals surface area contributed by atoms with Gasteiger partial charge in [-0.05, 0) is 37.3 Å². The van der Waals surface area contributed by atoms with Crippen molar-refractivity contribution in [3.8, 4) is 0 Å². The van der Waals surface area contributed by atoms with Crippen molar-refractivity contribution in [2.75, 3.05) is 0 Å². The van der Waals surface area contributed by atoms with Crippen molar-refractivity contribution in [3.63, 3.8) is 0 Å². The lowest BCUT2D eigenvalue weighted by Gasteiger charge is -2.26. The molecule has 5 heteroatoms. The highest BCUT2D eigenvalue weighted by molar-refractivity contribution is 5.92. The van der Waals surface area contributed by atoms with Gasteiger partial charge in [-0.15, -0.1) is 0 Å². The largest absolute Gasteiger partial charge is 0.393 e. The van der Waals surface area contributed by atoms with Crippen molar-refractivity contribution in [2.45, 2.75) is 44.4 Å². The monoisotopic (exact) mass is 249 g/mol. The molecule has 0 aromatic carbocycles. The molecule has 0 saturated heterocycles. The van der Waals surface area contributed by atoms with E-state index < -0.39 is 0 Å². The second-order valence-electron chi connectivity index (χ2n) is 4.73. The highest BCUT2D eigenvalue weighted by Crippen LogP contribution is 2.18. The van der Waals surface area contributed by atoms with E-state index in [0.29, 0.717) is 12.2 Å². The number of nitrogens with zero attached hydrogens (tertiary/aromatic N) is 1. The molecule has 1 heterocycles. The predicted octanol–water partition coefficient (Wildman–Crippen LogP) is 0.574. The van der Waals surface area contributed by atoms with Crippen LogP contribution in [-0.2, 0) is 6.54 Å². The summed E-state index contributed by atoms with van der Waals surface area (Å²) in [5.74, 6) is -0.153. The van der Waals surface area contributed by atoms with Crippen molar-refractivity contribution in [1.29, 1.82) is 0 Å². The van der Waals surface area contributed by atoms with Crippen LogP contribution in [-0.4, -0.2) is 28.1 Å². The lowest BCUT2D eigenvalue weighted by Crippen LogP contribution is -2.38. The summed E-state index contributed by atoms with van der Waals surface area (Å²) in [7, 11) is 0. The van der Waals surface area contributed by atoms with Crippen molar-refractivity contribution in [1.82, 2.24) is 10.3 Å². The van der Waals surface area contributed by atoms with Gasteiger partial charge in [-0.3, -0.25) is 9.78 Å². The van der Waals surface area contributed by atoms with Gasteiger partial charge in [0.2, 0.25) is 0 Å². The van der Waals surface area contributed by atoms with Gasteiger partial charge >= 0.3 is 0 Å². The third-order valence-electron chi connectivity index (χ3n) is 3.33. The molecule has 5 nitrogen and oxygen atoms in total. The molecule has 1 fully saturated rings. The number of pyridine rings is 1. The molecule has 1 aromatic heterocycles. The molecule has 0 bridgehead atoms. The molecule has 0 atom stereocenters. The van der Waals surface area contributed by atoms with E-state index in [0.717, 1.165) is 31.2 Å². The second-order valence-corrected chi connectivity index (χ2v) is 4.73. The number of carbonyl (C=O) groups is 1. The van der Waals surface area contributed by atoms with Crippen LogP contribution in [0.15, 0.2) is 18.3 Å². The quantitative estimate of drug-likeness (QED) is 0.731. The fourth-order valence-electron chi connectivity index (χ4n) is 2.16. The third kappa shape index (κ3) is 3.27. The molecule has 18 heavy (non-hydrogen) atoms. The van der Waals surface area contributed by atoms with Crippen molar-refractivity contribution >= 4 is 5.91 Å². The molecular weight excluding hydrogens is 230 g/mol. The number of nitrogens with two attached hydrogens (primary N) is 1. The molecule has 0 spiro atoms. The number of rotatable bonds is 3. The Labute approximate surface area is 106 Å². The number of aromatic nitrogens is 1. The first kappa shape index (κ1) is 13.0. The van der Waals surface area contributed by atoms with Crippen molar-refractivity contribution in [2.24, 2.45) is 5.73 Å². The SMILES string of the molecule is NCc1ccc(C(=O)NC2CCC(O)CC2)nc1. The Morgan fingerprint density at radius 2 is 2.11 bits per heavy atom. The molecule has 1 aliphatic carbocycles. The second kappa shape index (κ2) is 5.93. The number of amides is 1. The molecule has 4 N–H and O–H groups in total. The van der Waals surface area contributed by atoms with Crippen LogP contribution in [0, 0.1) is 0 Å². The summed E-state index contributed by atoms with van der Waals surface area (Å²) in [6.45, 7) is 0.426. The van der Waals surface area contributed by atoms with Crippen LogP contribution in [0.2, 0.25) is 0 Å². The molecule has 1 aliphatic rings. The Morgan fingerprint density at radius 3 is 2.67 bits per heavy atom. The highest BCUT2D eigenvalue weighted by atomic mass is 16.3. The fourth-order valence-corrected chi connectivity index (χ4v) is 2.16. The Bertz CT molecular complexity index is 397. The maximum Gasteiger partial charge on any atom is 0.270 e. The first-order valence-corrected chi connectivity index (χ1v) is 6.33. The first-order chi connectivity index (χ1) is 8.69. The zero-order chi connectivity index (χ0) is 13.0. The van der Waals surface area contributed by atoms with Crippen LogP contribution in [0.1, 0.15) is 41.7 Å². The number of nitrogens with one attached hydrogen (secondary N) is 1. The summed E-state index contributed by atoms with van der Waals surface area (Å²) in [5.41, 5.74) is 6.80. The summed E-state index contributed by atoms with van der Waals surface area (Å²) in [4.78, 5) is 16.0. The number of hydrogen-bond donors (Lipinski definition) is 3. The van der Waals surface area contributed by atoms with E-state index in [9.17, 15) is 9.90 Å². The molecule has 1 amide bonds. The van der Waals surface area contributed by atoms with Crippen LogP contribution >= 0.6 is 0 Å². The summed E-state index contributed by atoms with van der Waals surface area (Å²) in [6, 6.07) is 3.65. The van der Waals surface area contributed by atoms with Gasteiger partial charge in [0.25, 0.3) is 5.91 Å². The van der Waals surface area contributed by atoms with E-state index in [1.807, 2.05) is 6.07 Å². The third-order valence-corrected chi connectivity index (χ3v) is 3.33. The predicted molar refractivity (Wildman–Crippen MR) is 67.9 cm³/mol. The van der Waals surface area contributed by atoms with E-state index in [4.69, 9.17) is 5.73 Å². The average molecular weight is 249 g/mol. The summed E-state index contributed by atoms with van der Waals surface area (Å²) < 4.78 is 0. The standard InChI is InChI=1S/C13H19N3O2/c14-7-9-1-6-12(15-8-9)13(18)16-10-2-4-11(17)5-3-10/h1,6,8,10-11,17H,2-5,7,14H2,(H,16,18). The van der Waals surface area contributed by atoms with Gasteiger partial charge in [-0.2, -0.15) is 0 Å². The minimum atomic E-state index is -0.208. The average Bonchev–Trinajstić information content (AvgIpc) is 2.41. The molecule has 1 aromatic rings. The molecular formula is C13H19N3O2. The van der Waals surface area contributed by atoms with E-state index in [-0.39, 0.29) is 18.1 Å². The van der Waals surface area contributed by atoms with Gasteiger partial charge in [0.15, 0.2) is 0 Å². The Balaban J connectivity index is 1.90. The van der Waals surface area contributed by atoms with Crippen LogP contribution in [0.5, 0.6) is 0 Å². The summed E-state index contributed by atoms with van der Waals surface area (Å²) in [6.07, 6.45) is 4.58. The van der Waals surface area contributed by atoms with Gasteiger partial charge < -0.3 is 16.2 Å². The van der Waals surface area contributed by atoms with Gasteiger partial charge in [0.05, 0.1) is 6.10 Å². The van der Waals surface area contributed by atoms with Crippen molar-refractivity contribution < 1.29 is 9.90 Å². The van der Waals surface area contributed by atoms with Crippen LogP contribution in [0.4, 0.5) is 0 Å². The minimum Gasteiger partial charge on any atom is -0.393 e. The molecule has 0 radical (unpaired) electrons. The van der Waals surface area contributed by atoms with Gasteiger partial charge in [-0.25, -0.2) is 0 Å². The Kier molecular flexibility index (Phi) is 4.28. The minimum absolute atomic E-state index is 0.150. The highest BCUT2D eigenvalue weighted by Gasteiger charge is 2.21. The lowest BCUT2D eigenvalue weighted by molar-refractivity contribution is 0.0863. The molecule has 0 aliphatic heterocycles. The maximum absolute atomic E-state index is 11.9. The number of aliphatic hydroxyl groups excluding tert-OH is 1. The molecule has 1 saturated carbocycles. The smallest absolute Gasteiger partial charge is 0.270 e. The molecule has 98 valence electrons. The van der Waals surface area contributed by atoms with Crippen LogP contribution in [0.25, 0.3) is 0 Å². The van der Waals surface area contributed by atoms with Gasteiger partial charge in [0, 0.05) is 18.8 Å². The summed E-state index contributed by atoms with van der Waals surface area (Å²) in [5, 5.41) is 12.3. The number of aliphatic hydroxyl groups is 1. The lowest BCUT2D eigenvalue weighted by atomic mass is 9.93. The van der Waals surface area contributed by atoms with E-state index in [1.165, 1.54) is 0 Å². The number of hydrogen-bond acceptors (Lipinski definition) is 4. The normalized spacial score (nSPS) is 23.7. The molecule has 2 rings (SSSR count). The van der Waals surface area contributed by atoms with E-state index in [2.05, 4.69) is 10.3 Å². The zero-order valence-corrected chi connectivity index (χ0v) is 10.3. The van der Waals surface area contributed by atoms with Crippen LogP contribution in [0.3, 0.4) is 0 Å². The van der Waals surface area contributed by atoms with Gasteiger partial charge in [0.1, 0.15) is 5.69 Å². The fraction of sp³-hybridized carbons (Fsp3) is 0.538. The topological polar surface area (TPSA) is 88.2 Å². The first-order valence-electron chi connectivity index (χ1n) is 6.33. The maximum atomic E-state index is 11.9.